The quantitative estimate of drug-likeness (QED) is 0.375. The Morgan fingerprint density at radius 1 is 1.71 bits per heavy atom. The van der Waals surface area contributed by atoms with E-state index in [1.54, 1.807) is 0 Å². The number of nitrogens with one attached hydrogen (secondary N) is 1. The Balaban J connectivity index is 2.45. The van der Waals surface area contributed by atoms with Crippen molar-refractivity contribution in [3.05, 3.63) is 0 Å². The Labute approximate surface area is 43.2 Å². The first-order chi connectivity index (χ1) is 3.41. The summed E-state index contributed by atoms with van der Waals surface area (Å²) in [5, 5.41) is 8.15. The topological polar surface area (TPSA) is 41.5 Å². The average Bonchev–Trinajstić information content (AvgIpc) is 1.69. The summed E-state index contributed by atoms with van der Waals surface area (Å²) in [7, 11) is 0. The van der Waals surface area contributed by atoms with E-state index in [0.29, 0.717) is 13.2 Å². The van der Waals surface area contributed by atoms with Gasteiger partial charge in [-0.25, -0.2) is 5.48 Å². The summed E-state index contributed by atoms with van der Waals surface area (Å²) >= 11 is 0. The highest BCUT2D eigenvalue weighted by Crippen LogP contribution is 1.60. The van der Waals surface area contributed by atoms with Crippen molar-refractivity contribution in [1.29, 1.82) is 0 Å². The zero-order valence-corrected chi connectivity index (χ0v) is 4.48. The van der Waals surface area contributed by atoms with Crippen LogP contribution >= 0.6 is 0 Å². The standard InChI is InChI=1S/C4H11NO2/c1-2-7-5-3-4-6/h5-6H,2-4H2,1H3. The Kier molecular flexibility index (Phi) is 5.78. The molecule has 0 heterocycles. The summed E-state index contributed by atoms with van der Waals surface area (Å²) in [5.74, 6) is 0. The van der Waals surface area contributed by atoms with Crippen LogP contribution in [0.3, 0.4) is 0 Å². The lowest BCUT2D eigenvalue weighted by Gasteiger charge is -1.97. The molecule has 0 aliphatic carbocycles. The SMILES string of the molecule is CCONCCO. The van der Waals surface area contributed by atoms with Crippen LogP contribution in [-0.2, 0) is 4.84 Å². The summed E-state index contributed by atoms with van der Waals surface area (Å²) < 4.78 is 0. The van der Waals surface area contributed by atoms with Gasteiger partial charge in [0.25, 0.3) is 0 Å². The maximum Gasteiger partial charge on any atom is 0.0653 e. The molecule has 0 fully saturated rings. The zero-order valence-electron chi connectivity index (χ0n) is 4.48. The van der Waals surface area contributed by atoms with Crippen LogP contribution < -0.4 is 5.48 Å². The summed E-state index contributed by atoms with van der Waals surface area (Å²) in [6, 6.07) is 0. The lowest BCUT2D eigenvalue weighted by molar-refractivity contribution is 0.0411. The highest BCUT2D eigenvalue weighted by Gasteiger charge is 1.76. The van der Waals surface area contributed by atoms with Gasteiger partial charge in [-0.1, -0.05) is 0 Å². The van der Waals surface area contributed by atoms with Crippen LogP contribution in [0.15, 0.2) is 0 Å². The van der Waals surface area contributed by atoms with Crippen LogP contribution in [0.2, 0.25) is 0 Å². The summed E-state index contributed by atoms with van der Waals surface area (Å²) in [5.41, 5.74) is 2.53. The van der Waals surface area contributed by atoms with Gasteiger partial charge in [-0.3, -0.25) is 0 Å². The third-order valence-electron chi connectivity index (χ3n) is 0.460. The third-order valence-corrected chi connectivity index (χ3v) is 0.460. The molecule has 0 aliphatic heterocycles. The van der Waals surface area contributed by atoms with E-state index in [4.69, 9.17) is 5.11 Å². The van der Waals surface area contributed by atoms with Crippen molar-refractivity contribution in [2.45, 2.75) is 6.92 Å². The minimum atomic E-state index is 0.125. The molecule has 44 valence electrons. The van der Waals surface area contributed by atoms with Gasteiger partial charge in [0.05, 0.1) is 13.2 Å². The van der Waals surface area contributed by atoms with E-state index in [0.717, 1.165) is 0 Å². The lowest BCUT2D eigenvalue weighted by atomic mass is 10.7. The first-order valence-electron chi connectivity index (χ1n) is 2.37. The van der Waals surface area contributed by atoms with Crippen LogP contribution in [-0.4, -0.2) is 24.9 Å². The molecule has 3 heteroatoms. The second kappa shape index (κ2) is 5.88. The minimum absolute atomic E-state index is 0.125. The van der Waals surface area contributed by atoms with Gasteiger partial charge in [0, 0.05) is 6.54 Å². The Bertz CT molecular complexity index is 28.9. The molecule has 0 atom stereocenters. The molecule has 0 aromatic carbocycles. The van der Waals surface area contributed by atoms with E-state index in [-0.39, 0.29) is 6.61 Å². The Hall–Kier alpha value is -0.120. The minimum Gasteiger partial charge on any atom is -0.395 e. The second-order valence-electron chi connectivity index (χ2n) is 1.05. The first-order valence-corrected chi connectivity index (χ1v) is 2.37. The van der Waals surface area contributed by atoms with Gasteiger partial charge in [0.2, 0.25) is 0 Å². The smallest absolute Gasteiger partial charge is 0.0653 e. The van der Waals surface area contributed by atoms with E-state index in [2.05, 4.69) is 10.3 Å². The molecule has 0 unspecified atom stereocenters. The molecule has 0 rings (SSSR count). The van der Waals surface area contributed by atoms with Gasteiger partial charge in [-0.05, 0) is 6.92 Å². The molecular formula is C4H11NO2. The average molecular weight is 105 g/mol. The first kappa shape index (κ1) is 6.88. The van der Waals surface area contributed by atoms with Gasteiger partial charge in [-0.2, -0.15) is 0 Å². The molecule has 7 heavy (non-hydrogen) atoms. The zero-order chi connectivity index (χ0) is 5.54. The summed E-state index contributed by atoms with van der Waals surface area (Å²) in [6.07, 6.45) is 0. The molecule has 2 N–H and O–H groups in total. The largest absolute Gasteiger partial charge is 0.395 e. The number of aliphatic hydroxyl groups excluding tert-OH is 1. The van der Waals surface area contributed by atoms with Gasteiger partial charge < -0.3 is 9.94 Å². The normalized spacial score (nSPS) is 9.43. The highest BCUT2D eigenvalue weighted by molar-refractivity contribution is 4.24. The molecule has 0 radical (unpaired) electrons. The van der Waals surface area contributed by atoms with Crippen LogP contribution in [0.4, 0.5) is 0 Å². The number of hydrogen-bond acceptors (Lipinski definition) is 3. The maximum absolute atomic E-state index is 8.15. The predicted octanol–water partition coefficient (Wildman–Crippen LogP) is -0.480. The molecule has 0 saturated heterocycles. The monoisotopic (exact) mass is 105 g/mol. The van der Waals surface area contributed by atoms with Crippen molar-refractivity contribution < 1.29 is 9.94 Å². The van der Waals surface area contributed by atoms with E-state index >= 15 is 0 Å². The number of hydrogen-bond donors (Lipinski definition) is 2. The fraction of sp³-hybridized carbons (Fsp3) is 1.00. The van der Waals surface area contributed by atoms with E-state index in [9.17, 15) is 0 Å². The van der Waals surface area contributed by atoms with Gasteiger partial charge in [-0.15, -0.1) is 0 Å². The van der Waals surface area contributed by atoms with E-state index in [1.807, 2.05) is 6.92 Å². The molecule has 0 aromatic rings. The van der Waals surface area contributed by atoms with Gasteiger partial charge >= 0.3 is 0 Å². The van der Waals surface area contributed by atoms with Crippen LogP contribution in [0.25, 0.3) is 0 Å². The molecule has 3 nitrogen and oxygen atoms in total. The lowest BCUT2D eigenvalue weighted by Crippen LogP contribution is -2.18. The van der Waals surface area contributed by atoms with Crippen molar-refractivity contribution >= 4 is 0 Å². The summed E-state index contributed by atoms with van der Waals surface area (Å²) in [6.45, 7) is 3.15. The van der Waals surface area contributed by atoms with Crippen molar-refractivity contribution in [3.8, 4) is 0 Å². The molecule has 0 spiro atoms. The van der Waals surface area contributed by atoms with Crippen LogP contribution in [0.5, 0.6) is 0 Å². The molecule has 0 aromatic heterocycles. The fourth-order valence-corrected chi connectivity index (χ4v) is 0.220. The van der Waals surface area contributed by atoms with E-state index in [1.165, 1.54) is 0 Å². The fourth-order valence-electron chi connectivity index (χ4n) is 0.220. The molecule has 0 saturated carbocycles. The molecule has 0 amide bonds. The number of aliphatic hydroxyl groups is 1. The van der Waals surface area contributed by atoms with E-state index < -0.39 is 0 Å². The van der Waals surface area contributed by atoms with Gasteiger partial charge in [0.1, 0.15) is 0 Å². The van der Waals surface area contributed by atoms with Crippen molar-refractivity contribution in [1.82, 2.24) is 5.48 Å². The van der Waals surface area contributed by atoms with Crippen molar-refractivity contribution in [2.24, 2.45) is 0 Å². The number of rotatable bonds is 4. The van der Waals surface area contributed by atoms with Gasteiger partial charge in [0.15, 0.2) is 0 Å². The Morgan fingerprint density at radius 3 is 2.86 bits per heavy atom. The predicted molar refractivity (Wildman–Crippen MR) is 26.7 cm³/mol. The van der Waals surface area contributed by atoms with Crippen LogP contribution in [0, 0.1) is 0 Å². The third kappa shape index (κ3) is 5.88. The molecular weight excluding hydrogens is 94.0 g/mol. The summed E-state index contributed by atoms with van der Waals surface area (Å²) in [4.78, 5) is 4.66. The Morgan fingerprint density at radius 2 is 2.43 bits per heavy atom. The van der Waals surface area contributed by atoms with Crippen molar-refractivity contribution in [3.63, 3.8) is 0 Å². The number of hydroxylamine groups is 1. The maximum atomic E-state index is 8.15. The molecule has 0 bridgehead atoms. The van der Waals surface area contributed by atoms with Crippen LogP contribution in [0.1, 0.15) is 6.92 Å². The molecule has 0 aliphatic rings. The second-order valence-corrected chi connectivity index (χ2v) is 1.05. The van der Waals surface area contributed by atoms with Crippen molar-refractivity contribution in [2.75, 3.05) is 19.8 Å². The highest BCUT2D eigenvalue weighted by atomic mass is 16.6.